The van der Waals surface area contributed by atoms with Crippen LogP contribution in [0.5, 0.6) is 0 Å². The van der Waals surface area contributed by atoms with Crippen LogP contribution in [0.4, 0.5) is 0 Å². The van der Waals surface area contributed by atoms with E-state index in [2.05, 4.69) is 26.3 Å². The summed E-state index contributed by atoms with van der Waals surface area (Å²) >= 11 is 0. The van der Waals surface area contributed by atoms with Crippen LogP contribution in [-0.4, -0.2) is 22.9 Å². The van der Waals surface area contributed by atoms with E-state index in [1.54, 1.807) is 0 Å². The molecular formula is C10H8N6O. The van der Waals surface area contributed by atoms with E-state index >= 15 is 0 Å². The van der Waals surface area contributed by atoms with Crippen molar-refractivity contribution in [1.29, 1.82) is 0 Å². The summed E-state index contributed by atoms with van der Waals surface area (Å²) in [6.45, 7) is 0. The molecule has 2 N–H and O–H groups in total. The molecule has 1 aromatic rings. The first kappa shape index (κ1) is 8.82. The van der Waals surface area contributed by atoms with Crippen LogP contribution >= 0.6 is 0 Å². The summed E-state index contributed by atoms with van der Waals surface area (Å²) in [6.07, 6.45) is -0.345. The molecule has 4 rings (SSSR count). The third-order valence-electron chi connectivity index (χ3n) is 3.10. The van der Waals surface area contributed by atoms with E-state index in [0.29, 0.717) is 11.3 Å². The van der Waals surface area contributed by atoms with Gasteiger partial charge >= 0.3 is 0 Å². The lowest BCUT2D eigenvalue weighted by Gasteiger charge is -2.27. The zero-order chi connectivity index (χ0) is 11.4. The van der Waals surface area contributed by atoms with Gasteiger partial charge in [0.25, 0.3) is 0 Å². The van der Waals surface area contributed by atoms with Crippen LogP contribution in [0.3, 0.4) is 0 Å². The van der Waals surface area contributed by atoms with E-state index in [1.165, 1.54) is 5.12 Å². The van der Waals surface area contributed by atoms with Crippen molar-refractivity contribution in [3.63, 3.8) is 0 Å². The lowest BCUT2D eigenvalue weighted by Crippen LogP contribution is -2.50. The van der Waals surface area contributed by atoms with E-state index in [0.717, 1.165) is 5.56 Å². The van der Waals surface area contributed by atoms with Gasteiger partial charge in [0, 0.05) is 5.56 Å². The molecule has 0 bridgehead atoms. The Kier molecular flexibility index (Phi) is 1.50. The fraction of sp³-hybridized carbons (Fsp3) is 0.200. The zero-order valence-electron chi connectivity index (χ0n) is 8.66. The van der Waals surface area contributed by atoms with Crippen molar-refractivity contribution in [1.82, 2.24) is 16.0 Å². The van der Waals surface area contributed by atoms with Gasteiger partial charge in [0.1, 0.15) is 5.71 Å². The Morgan fingerprint density at radius 3 is 3.12 bits per heavy atom. The Labute approximate surface area is 96.1 Å². The van der Waals surface area contributed by atoms with Gasteiger partial charge < -0.3 is 0 Å². The third-order valence-corrected chi connectivity index (χ3v) is 3.10. The average molecular weight is 228 g/mol. The predicted molar refractivity (Wildman–Crippen MR) is 57.7 cm³/mol. The Morgan fingerprint density at radius 2 is 2.18 bits per heavy atom. The van der Waals surface area contributed by atoms with E-state index in [-0.39, 0.29) is 18.1 Å². The molecule has 0 amide bonds. The van der Waals surface area contributed by atoms with Gasteiger partial charge in [0.2, 0.25) is 12.1 Å². The van der Waals surface area contributed by atoms with Crippen LogP contribution in [-0.2, 0) is 0 Å². The van der Waals surface area contributed by atoms with Crippen LogP contribution in [0.2, 0.25) is 0 Å². The van der Waals surface area contributed by atoms with Gasteiger partial charge in [0.15, 0.2) is 0 Å². The second-order valence-corrected chi connectivity index (χ2v) is 4.04. The van der Waals surface area contributed by atoms with Crippen molar-refractivity contribution in [2.24, 2.45) is 15.4 Å². The Balaban J connectivity index is 1.87. The number of fused-ring (bicyclic) bond motifs is 4. The minimum absolute atomic E-state index is 0.0368. The number of carbonyl (C=O) groups excluding carboxylic acids is 1. The Morgan fingerprint density at radius 1 is 1.29 bits per heavy atom. The molecule has 7 nitrogen and oxygen atoms in total. The normalized spacial score (nSPS) is 28.4. The van der Waals surface area contributed by atoms with Crippen molar-refractivity contribution in [3.8, 4) is 0 Å². The highest BCUT2D eigenvalue weighted by atomic mass is 16.1. The monoisotopic (exact) mass is 228 g/mol. The summed E-state index contributed by atoms with van der Waals surface area (Å²) in [7, 11) is 0. The summed E-state index contributed by atoms with van der Waals surface area (Å²) in [5.41, 5.74) is 4.76. The van der Waals surface area contributed by atoms with Gasteiger partial charge in [-0.2, -0.15) is 10.6 Å². The fourth-order valence-corrected chi connectivity index (χ4v) is 2.32. The number of Topliss-reactive ketones (excluding diaryl/α,β-unsaturated/α-hetero) is 1. The minimum atomic E-state index is -0.345. The molecule has 0 fully saturated rings. The van der Waals surface area contributed by atoms with Crippen LogP contribution in [0, 0.1) is 0 Å². The number of nitrogens with one attached hydrogen (secondary N) is 2. The van der Waals surface area contributed by atoms with Crippen molar-refractivity contribution in [2.45, 2.75) is 12.3 Å². The SMILES string of the molecule is O=C1C2=NN3NN=NC3NC2c2ccccc21. The lowest BCUT2D eigenvalue weighted by atomic mass is 10.1. The maximum absolute atomic E-state index is 12.1. The molecule has 3 aliphatic rings. The summed E-state index contributed by atoms with van der Waals surface area (Å²) in [5.74, 6) is -0.0368. The van der Waals surface area contributed by atoms with Gasteiger partial charge in [-0.3, -0.25) is 10.1 Å². The number of ketones is 1. The van der Waals surface area contributed by atoms with Crippen molar-refractivity contribution in [3.05, 3.63) is 35.4 Å². The molecule has 1 aliphatic carbocycles. The van der Waals surface area contributed by atoms with Crippen molar-refractivity contribution < 1.29 is 4.79 Å². The Bertz CT molecular complexity index is 580. The first-order valence-electron chi connectivity index (χ1n) is 5.27. The van der Waals surface area contributed by atoms with E-state index in [9.17, 15) is 4.79 Å². The number of carbonyl (C=O) groups is 1. The molecule has 2 heterocycles. The number of hydrazine groups is 1. The highest BCUT2D eigenvalue weighted by molar-refractivity contribution is 6.51. The smallest absolute Gasteiger partial charge is 0.235 e. The van der Waals surface area contributed by atoms with Crippen LogP contribution in [0.1, 0.15) is 22.0 Å². The molecule has 84 valence electrons. The average Bonchev–Trinajstić information content (AvgIpc) is 2.92. The molecular weight excluding hydrogens is 220 g/mol. The van der Waals surface area contributed by atoms with E-state index < -0.39 is 0 Å². The predicted octanol–water partition coefficient (Wildman–Crippen LogP) is 0.354. The number of hydrogen-bond acceptors (Lipinski definition) is 7. The van der Waals surface area contributed by atoms with Crippen molar-refractivity contribution in [2.75, 3.05) is 0 Å². The molecule has 0 spiro atoms. The van der Waals surface area contributed by atoms with Gasteiger partial charge in [-0.1, -0.05) is 29.5 Å². The van der Waals surface area contributed by atoms with Gasteiger partial charge in [0.05, 0.1) is 6.04 Å². The number of hydrazone groups is 1. The zero-order valence-corrected chi connectivity index (χ0v) is 8.66. The quantitative estimate of drug-likeness (QED) is 0.671. The standard InChI is InChI=1S/C10H8N6O/c17-9-6-4-2-1-3-5(6)7-8(9)13-16-10(11-7)12-14-15-16/h1-4,7,10-11H,(H,12,15). The number of hydrogen-bond donors (Lipinski definition) is 2. The van der Waals surface area contributed by atoms with Crippen LogP contribution < -0.4 is 10.9 Å². The summed E-state index contributed by atoms with van der Waals surface area (Å²) in [4.78, 5) is 12.1. The second kappa shape index (κ2) is 2.89. The van der Waals surface area contributed by atoms with Gasteiger partial charge in [-0.25, -0.2) is 0 Å². The number of rotatable bonds is 0. The first-order valence-corrected chi connectivity index (χ1v) is 5.27. The highest BCUT2D eigenvalue weighted by Gasteiger charge is 2.43. The van der Waals surface area contributed by atoms with E-state index in [1.807, 2.05) is 24.3 Å². The molecule has 0 saturated carbocycles. The van der Waals surface area contributed by atoms with Gasteiger partial charge in [-0.15, -0.1) is 10.2 Å². The number of nitrogens with zero attached hydrogens (tertiary/aromatic N) is 4. The Hall–Kier alpha value is -2.28. The largest absolute Gasteiger partial charge is 0.287 e. The molecule has 2 aliphatic heterocycles. The molecule has 7 heteroatoms. The highest BCUT2D eigenvalue weighted by Crippen LogP contribution is 2.32. The fourth-order valence-electron chi connectivity index (χ4n) is 2.32. The third kappa shape index (κ3) is 1.03. The molecule has 2 unspecified atom stereocenters. The topological polar surface area (TPSA) is 81.5 Å². The molecule has 0 radical (unpaired) electrons. The second-order valence-electron chi connectivity index (χ2n) is 4.04. The van der Waals surface area contributed by atoms with Crippen LogP contribution in [0.15, 0.2) is 39.7 Å². The maximum Gasteiger partial charge on any atom is 0.235 e. The van der Waals surface area contributed by atoms with Gasteiger partial charge in [-0.05, 0) is 5.56 Å². The molecule has 17 heavy (non-hydrogen) atoms. The lowest BCUT2D eigenvalue weighted by molar-refractivity contribution is 0.103. The minimum Gasteiger partial charge on any atom is -0.287 e. The first-order chi connectivity index (χ1) is 8.34. The molecule has 1 aromatic carbocycles. The molecule has 2 atom stereocenters. The van der Waals surface area contributed by atoms with Crippen LogP contribution in [0.25, 0.3) is 0 Å². The number of benzene rings is 1. The maximum atomic E-state index is 12.1. The molecule has 0 aromatic heterocycles. The van der Waals surface area contributed by atoms with E-state index in [4.69, 9.17) is 0 Å². The summed E-state index contributed by atoms with van der Waals surface area (Å²) in [5, 5.41) is 16.5. The summed E-state index contributed by atoms with van der Waals surface area (Å²) in [6, 6.07) is 7.34. The summed E-state index contributed by atoms with van der Waals surface area (Å²) < 4.78 is 0. The van der Waals surface area contributed by atoms with Crippen molar-refractivity contribution >= 4 is 11.5 Å². The molecule has 0 saturated heterocycles.